The third kappa shape index (κ3) is 3.48. The number of aromatic nitrogens is 1. The van der Waals surface area contributed by atoms with E-state index in [1.807, 2.05) is 6.20 Å². The molecule has 0 amide bonds. The number of pyridine rings is 1. The molecule has 1 rings (SSSR count). The molecule has 1 aromatic heterocycles. The average Bonchev–Trinajstić information content (AvgIpc) is 2.28. The summed E-state index contributed by atoms with van der Waals surface area (Å²) in [5.74, 6) is 0. The lowest BCUT2D eigenvalue weighted by molar-refractivity contribution is 0.785. The smallest absolute Gasteiger partial charge is 0.0405 e. The summed E-state index contributed by atoms with van der Waals surface area (Å²) in [5.41, 5.74) is 4.99. The molecule has 0 bridgehead atoms. The van der Waals surface area contributed by atoms with Gasteiger partial charge >= 0.3 is 0 Å². The van der Waals surface area contributed by atoms with Gasteiger partial charge in [0.1, 0.15) is 0 Å². The Hall–Kier alpha value is -1.11. The molecule has 0 N–H and O–H groups in total. The molecule has 0 spiro atoms. The first-order valence-electron chi connectivity index (χ1n) is 6.32. The van der Waals surface area contributed by atoms with Gasteiger partial charge in [0, 0.05) is 11.9 Å². The lowest BCUT2D eigenvalue weighted by atomic mass is 10.00. The van der Waals surface area contributed by atoms with Crippen molar-refractivity contribution in [3.05, 3.63) is 35.7 Å². The van der Waals surface area contributed by atoms with E-state index in [0.29, 0.717) is 0 Å². The van der Waals surface area contributed by atoms with Gasteiger partial charge in [0.25, 0.3) is 0 Å². The molecule has 0 aromatic carbocycles. The number of rotatable bonds is 6. The van der Waals surface area contributed by atoms with Crippen molar-refractivity contribution in [2.45, 2.75) is 52.9 Å². The molecule has 16 heavy (non-hydrogen) atoms. The number of nitrogens with zero attached hydrogens (tertiary/aromatic N) is 1. The molecule has 0 aliphatic carbocycles. The molecule has 0 aliphatic rings. The highest BCUT2D eigenvalue weighted by molar-refractivity contribution is 5.63. The van der Waals surface area contributed by atoms with Crippen LogP contribution in [0.25, 0.3) is 5.57 Å². The normalized spacial score (nSPS) is 10.4. The van der Waals surface area contributed by atoms with Gasteiger partial charge in [0.05, 0.1) is 0 Å². The average molecular weight is 217 g/mol. The summed E-state index contributed by atoms with van der Waals surface area (Å²) in [6, 6.07) is 2.27. The van der Waals surface area contributed by atoms with Crippen LogP contribution in [0, 0.1) is 6.92 Å². The van der Waals surface area contributed by atoms with Gasteiger partial charge < -0.3 is 0 Å². The number of hydrogen-bond donors (Lipinski definition) is 0. The van der Waals surface area contributed by atoms with Crippen LogP contribution in [0.3, 0.4) is 0 Å². The second kappa shape index (κ2) is 6.47. The van der Waals surface area contributed by atoms with Crippen LogP contribution < -0.4 is 0 Å². The SMILES string of the molecule is C=C(CCC)c1cnc(C)c(CCCC)c1. The summed E-state index contributed by atoms with van der Waals surface area (Å²) in [7, 11) is 0. The maximum Gasteiger partial charge on any atom is 0.0405 e. The Morgan fingerprint density at radius 1 is 1.31 bits per heavy atom. The minimum Gasteiger partial charge on any atom is -0.261 e. The molecule has 0 unspecified atom stereocenters. The zero-order valence-electron chi connectivity index (χ0n) is 10.8. The molecule has 0 atom stereocenters. The molecule has 0 fully saturated rings. The Balaban J connectivity index is 2.84. The minimum atomic E-state index is 1.07. The molecule has 1 nitrogen and oxygen atoms in total. The largest absolute Gasteiger partial charge is 0.261 e. The molecule has 1 aromatic rings. The molecule has 1 heterocycles. The first-order chi connectivity index (χ1) is 7.69. The van der Waals surface area contributed by atoms with Crippen LogP contribution in [0.4, 0.5) is 0 Å². The summed E-state index contributed by atoms with van der Waals surface area (Å²) < 4.78 is 0. The van der Waals surface area contributed by atoms with Crippen LogP contribution in [-0.2, 0) is 6.42 Å². The Kier molecular flexibility index (Phi) is 5.24. The van der Waals surface area contributed by atoms with E-state index in [-0.39, 0.29) is 0 Å². The fourth-order valence-corrected chi connectivity index (χ4v) is 1.84. The van der Waals surface area contributed by atoms with E-state index < -0.39 is 0 Å². The van der Waals surface area contributed by atoms with Crippen molar-refractivity contribution in [3.8, 4) is 0 Å². The molecular weight excluding hydrogens is 194 g/mol. The van der Waals surface area contributed by atoms with E-state index in [1.54, 1.807) is 0 Å². The standard InChI is InChI=1S/C15H23N/c1-5-7-9-14-10-15(11-16-13(14)4)12(3)8-6-2/h10-11H,3,5-9H2,1-2,4H3. The number of hydrogen-bond acceptors (Lipinski definition) is 1. The van der Waals surface area contributed by atoms with E-state index in [2.05, 4.69) is 38.4 Å². The maximum atomic E-state index is 4.47. The third-order valence-electron chi connectivity index (χ3n) is 2.95. The highest BCUT2D eigenvalue weighted by Crippen LogP contribution is 2.20. The molecule has 0 saturated carbocycles. The topological polar surface area (TPSA) is 12.9 Å². The van der Waals surface area contributed by atoms with Crippen LogP contribution in [-0.4, -0.2) is 4.98 Å². The zero-order chi connectivity index (χ0) is 12.0. The Morgan fingerprint density at radius 2 is 2.06 bits per heavy atom. The fourth-order valence-electron chi connectivity index (χ4n) is 1.84. The first-order valence-corrected chi connectivity index (χ1v) is 6.32. The Bertz CT molecular complexity index is 352. The highest BCUT2D eigenvalue weighted by Gasteiger charge is 2.04. The van der Waals surface area contributed by atoms with Gasteiger partial charge in [0.2, 0.25) is 0 Å². The number of aryl methyl sites for hydroxylation is 2. The van der Waals surface area contributed by atoms with Crippen molar-refractivity contribution in [2.24, 2.45) is 0 Å². The zero-order valence-corrected chi connectivity index (χ0v) is 10.8. The van der Waals surface area contributed by atoms with E-state index in [9.17, 15) is 0 Å². The molecule has 1 heteroatoms. The van der Waals surface area contributed by atoms with Gasteiger partial charge in [-0.2, -0.15) is 0 Å². The van der Waals surface area contributed by atoms with Crippen molar-refractivity contribution in [1.29, 1.82) is 0 Å². The minimum absolute atomic E-state index is 1.07. The third-order valence-corrected chi connectivity index (χ3v) is 2.95. The van der Waals surface area contributed by atoms with Gasteiger partial charge in [-0.15, -0.1) is 0 Å². The monoisotopic (exact) mass is 217 g/mol. The van der Waals surface area contributed by atoms with Crippen LogP contribution in [0.1, 0.15) is 56.4 Å². The Labute approximate surface area is 99.6 Å². The highest BCUT2D eigenvalue weighted by atomic mass is 14.7. The lowest BCUT2D eigenvalue weighted by Gasteiger charge is -2.09. The maximum absolute atomic E-state index is 4.47. The molecular formula is C15H23N. The van der Waals surface area contributed by atoms with E-state index >= 15 is 0 Å². The number of allylic oxidation sites excluding steroid dienone is 1. The summed E-state index contributed by atoms with van der Waals surface area (Å²) >= 11 is 0. The van der Waals surface area contributed by atoms with E-state index in [1.165, 1.54) is 35.2 Å². The molecule has 0 radical (unpaired) electrons. The molecule has 0 saturated heterocycles. The summed E-state index contributed by atoms with van der Waals surface area (Å²) in [6.45, 7) is 10.6. The van der Waals surface area contributed by atoms with Gasteiger partial charge in [-0.1, -0.05) is 33.3 Å². The first kappa shape index (κ1) is 13.0. The fraction of sp³-hybridized carbons (Fsp3) is 0.533. The van der Waals surface area contributed by atoms with Crippen molar-refractivity contribution < 1.29 is 0 Å². The predicted molar refractivity (Wildman–Crippen MR) is 71.5 cm³/mol. The van der Waals surface area contributed by atoms with Crippen LogP contribution in [0.15, 0.2) is 18.8 Å². The van der Waals surface area contributed by atoms with Gasteiger partial charge in [-0.3, -0.25) is 4.98 Å². The second-order valence-corrected chi connectivity index (χ2v) is 4.43. The van der Waals surface area contributed by atoms with Crippen LogP contribution in [0.2, 0.25) is 0 Å². The van der Waals surface area contributed by atoms with Crippen molar-refractivity contribution in [1.82, 2.24) is 4.98 Å². The van der Waals surface area contributed by atoms with Crippen LogP contribution >= 0.6 is 0 Å². The summed E-state index contributed by atoms with van der Waals surface area (Å²) in [6.07, 6.45) is 7.80. The predicted octanol–water partition coefficient (Wildman–Crippen LogP) is 4.55. The van der Waals surface area contributed by atoms with Crippen LogP contribution in [0.5, 0.6) is 0 Å². The lowest BCUT2D eigenvalue weighted by Crippen LogP contribution is -1.96. The van der Waals surface area contributed by atoms with Gasteiger partial charge in [-0.05, 0) is 49.0 Å². The quantitative estimate of drug-likeness (QED) is 0.681. The van der Waals surface area contributed by atoms with Gasteiger partial charge in [0.15, 0.2) is 0 Å². The van der Waals surface area contributed by atoms with Crippen molar-refractivity contribution in [2.75, 3.05) is 0 Å². The summed E-state index contributed by atoms with van der Waals surface area (Å²) in [4.78, 5) is 4.47. The van der Waals surface area contributed by atoms with Crippen molar-refractivity contribution >= 4 is 5.57 Å². The number of unbranched alkanes of at least 4 members (excludes halogenated alkanes) is 1. The van der Waals surface area contributed by atoms with E-state index in [0.717, 1.165) is 19.3 Å². The van der Waals surface area contributed by atoms with Crippen molar-refractivity contribution in [3.63, 3.8) is 0 Å². The van der Waals surface area contributed by atoms with E-state index in [4.69, 9.17) is 0 Å². The summed E-state index contributed by atoms with van der Waals surface area (Å²) in [5, 5.41) is 0. The van der Waals surface area contributed by atoms with Gasteiger partial charge in [-0.25, -0.2) is 0 Å². The Morgan fingerprint density at radius 3 is 2.69 bits per heavy atom. The second-order valence-electron chi connectivity index (χ2n) is 4.43. The molecule has 0 aliphatic heterocycles. The molecule has 88 valence electrons.